The van der Waals surface area contributed by atoms with E-state index in [2.05, 4.69) is 29.2 Å². The van der Waals surface area contributed by atoms with Crippen LogP contribution in [-0.2, 0) is 19.2 Å². The zero-order valence-corrected chi connectivity index (χ0v) is 20.3. The Labute approximate surface area is 203 Å². The summed E-state index contributed by atoms with van der Waals surface area (Å²) in [5.41, 5.74) is 1.36. The summed E-state index contributed by atoms with van der Waals surface area (Å²) in [7, 11) is 0. The Morgan fingerprint density at radius 3 is 2.38 bits per heavy atom. The van der Waals surface area contributed by atoms with Gasteiger partial charge in [0.15, 0.2) is 0 Å². The molecule has 34 heavy (non-hydrogen) atoms. The summed E-state index contributed by atoms with van der Waals surface area (Å²) in [6, 6.07) is 8.73. The largest absolute Gasteiger partial charge is 0.492 e. The maximum absolute atomic E-state index is 6.96. The average Bonchev–Trinajstić information content (AvgIpc) is 3.22. The minimum Gasteiger partial charge on any atom is -0.492 e. The molecule has 5 saturated carbocycles. The Balaban J connectivity index is 0.981. The van der Waals surface area contributed by atoms with Gasteiger partial charge in [-0.1, -0.05) is 12.1 Å². The molecule has 2 aliphatic heterocycles. The third kappa shape index (κ3) is 3.90. The van der Waals surface area contributed by atoms with E-state index < -0.39 is 11.6 Å². The van der Waals surface area contributed by atoms with Gasteiger partial charge < -0.3 is 14.2 Å². The second-order valence-corrected chi connectivity index (χ2v) is 11.9. The zero-order valence-electron chi connectivity index (χ0n) is 20.3. The summed E-state index contributed by atoms with van der Waals surface area (Å²) in [6.45, 7) is 5.35. The van der Waals surface area contributed by atoms with Crippen molar-refractivity contribution in [3.8, 4) is 5.75 Å². The lowest BCUT2D eigenvalue weighted by Crippen LogP contribution is -2.59. The van der Waals surface area contributed by atoms with Gasteiger partial charge in [0.05, 0.1) is 13.2 Å². The maximum Gasteiger partial charge on any atom is 0.210 e. The number of nitrogens with zero attached hydrogens (tertiary/aromatic N) is 1. The highest BCUT2D eigenvalue weighted by Crippen LogP contribution is 2.64. The van der Waals surface area contributed by atoms with Gasteiger partial charge in [0.25, 0.3) is 0 Å². The van der Waals surface area contributed by atoms with E-state index in [4.69, 9.17) is 24.0 Å². The van der Waals surface area contributed by atoms with Crippen molar-refractivity contribution in [2.24, 2.45) is 23.7 Å². The van der Waals surface area contributed by atoms with E-state index >= 15 is 0 Å². The second kappa shape index (κ2) is 8.74. The Morgan fingerprint density at radius 1 is 0.912 bits per heavy atom. The van der Waals surface area contributed by atoms with Gasteiger partial charge in [-0.15, -0.1) is 0 Å². The molecule has 8 rings (SSSR count). The molecule has 2 atom stereocenters. The maximum atomic E-state index is 6.96. The molecule has 6 heteroatoms. The van der Waals surface area contributed by atoms with Crippen LogP contribution in [0.2, 0.25) is 0 Å². The lowest BCUT2D eigenvalue weighted by atomic mass is 9.53. The van der Waals surface area contributed by atoms with Gasteiger partial charge in [0, 0.05) is 44.3 Å². The topological polar surface area (TPSA) is 49.4 Å². The van der Waals surface area contributed by atoms with Crippen LogP contribution in [0.1, 0.15) is 69.3 Å². The van der Waals surface area contributed by atoms with Crippen molar-refractivity contribution in [1.82, 2.24) is 4.90 Å². The SMILES string of the molecule is c1cc([C@H]2CCC[C@@]3(C2)OOC2(O3)C3CC4CC(C3)CC2C4)ccc1OCCN1CCOCC1. The van der Waals surface area contributed by atoms with Crippen molar-refractivity contribution in [2.75, 3.05) is 39.5 Å². The molecule has 1 aromatic carbocycles. The summed E-state index contributed by atoms with van der Waals surface area (Å²) in [4.78, 5) is 14.8. The number of hydrogen-bond acceptors (Lipinski definition) is 6. The molecule has 2 spiro atoms. The van der Waals surface area contributed by atoms with Gasteiger partial charge in [0.2, 0.25) is 11.6 Å². The minimum atomic E-state index is -0.564. The lowest BCUT2D eigenvalue weighted by Gasteiger charge is -2.57. The highest BCUT2D eigenvalue weighted by molar-refractivity contribution is 5.30. The van der Waals surface area contributed by atoms with Crippen LogP contribution < -0.4 is 4.74 Å². The third-order valence-electron chi connectivity index (χ3n) is 9.74. The first-order valence-corrected chi connectivity index (χ1v) is 13.8. The molecule has 4 bridgehead atoms. The second-order valence-electron chi connectivity index (χ2n) is 11.9. The molecule has 2 heterocycles. The molecule has 2 saturated heterocycles. The van der Waals surface area contributed by atoms with E-state index in [-0.39, 0.29) is 0 Å². The summed E-state index contributed by atoms with van der Waals surface area (Å²) < 4.78 is 18.4. The molecule has 1 aromatic rings. The van der Waals surface area contributed by atoms with Crippen LogP contribution in [-0.4, -0.2) is 55.9 Å². The highest BCUT2D eigenvalue weighted by Gasteiger charge is 2.67. The molecule has 186 valence electrons. The first-order valence-electron chi connectivity index (χ1n) is 13.8. The quantitative estimate of drug-likeness (QED) is 0.573. The number of rotatable bonds is 5. The number of benzene rings is 1. The summed E-state index contributed by atoms with van der Waals surface area (Å²) in [6.07, 6.45) is 10.6. The third-order valence-corrected chi connectivity index (χ3v) is 9.74. The van der Waals surface area contributed by atoms with Gasteiger partial charge in [0.1, 0.15) is 12.4 Å². The Hall–Kier alpha value is -1.18. The van der Waals surface area contributed by atoms with Crippen molar-refractivity contribution in [3.05, 3.63) is 29.8 Å². The van der Waals surface area contributed by atoms with Gasteiger partial charge in [-0.05, 0) is 80.4 Å². The highest BCUT2D eigenvalue weighted by atomic mass is 17.3. The van der Waals surface area contributed by atoms with Crippen molar-refractivity contribution >= 4 is 0 Å². The molecule has 0 radical (unpaired) electrons. The fourth-order valence-electron chi connectivity index (χ4n) is 8.21. The smallest absolute Gasteiger partial charge is 0.210 e. The molecule has 0 amide bonds. The van der Waals surface area contributed by atoms with Crippen molar-refractivity contribution in [1.29, 1.82) is 0 Å². The van der Waals surface area contributed by atoms with E-state index in [1.54, 1.807) is 0 Å². The number of ether oxygens (including phenoxy) is 3. The predicted octanol–water partition coefficient (Wildman–Crippen LogP) is 4.88. The Kier molecular flexibility index (Phi) is 5.67. The predicted molar refractivity (Wildman–Crippen MR) is 126 cm³/mol. The molecule has 5 aliphatic carbocycles. The van der Waals surface area contributed by atoms with E-state index in [0.29, 0.717) is 17.8 Å². The molecule has 6 nitrogen and oxygen atoms in total. The average molecular weight is 470 g/mol. The first kappa shape index (κ1) is 22.1. The van der Waals surface area contributed by atoms with E-state index in [1.165, 1.54) is 44.1 Å². The molecule has 7 aliphatic rings. The summed E-state index contributed by atoms with van der Waals surface area (Å²) in [5, 5.41) is 0. The van der Waals surface area contributed by atoms with Crippen LogP contribution in [0, 0.1) is 23.7 Å². The van der Waals surface area contributed by atoms with Crippen molar-refractivity contribution < 1.29 is 24.0 Å². The fourth-order valence-corrected chi connectivity index (χ4v) is 8.21. The van der Waals surface area contributed by atoms with Crippen LogP contribution in [0.5, 0.6) is 5.75 Å². The summed E-state index contributed by atoms with van der Waals surface area (Å²) >= 11 is 0. The van der Waals surface area contributed by atoms with Crippen LogP contribution in [0.25, 0.3) is 0 Å². The van der Waals surface area contributed by atoms with Crippen molar-refractivity contribution in [3.63, 3.8) is 0 Å². The first-order chi connectivity index (χ1) is 16.7. The molecular weight excluding hydrogens is 430 g/mol. The fraction of sp³-hybridized carbons (Fsp3) is 0.786. The normalized spacial score (nSPS) is 43.7. The standard InChI is InChI=1S/C28H39NO5/c1-2-23(22-3-5-26(6-4-22)31-13-10-29-8-11-30-12-9-29)19-27(7-1)32-28(34-33-27)24-15-20-14-21(17-24)18-25(28)16-20/h3-6,20-21,23-25H,1-2,7-19H2/t20?,21?,23-,24?,25?,27-,28?/m0/s1. The Morgan fingerprint density at radius 2 is 1.65 bits per heavy atom. The van der Waals surface area contributed by atoms with Crippen molar-refractivity contribution in [2.45, 2.75) is 75.3 Å². The van der Waals surface area contributed by atoms with E-state index in [9.17, 15) is 0 Å². The van der Waals surface area contributed by atoms with Gasteiger partial charge in [-0.25, -0.2) is 0 Å². The molecular formula is C28H39NO5. The molecule has 0 N–H and O–H groups in total. The van der Waals surface area contributed by atoms with E-state index in [1.807, 2.05) is 0 Å². The lowest BCUT2D eigenvalue weighted by molar-refractivity contribution is -0.390. The van der Waals surface area contributed by atoms with Crippen LogP contribution in [0.4, 0.5) is 0 Å². The monoisotopic (exact) mass is 469 g/mol. The summed E-state index contributed by atoms with van der Waals surface area (Å²) in [5.74, 6) is 3.20. The number of hydrogen-bond donors (Lipinski definition) is 0. The number of morpholine rings is 1. The van der Waals surface area contributed by atoms with Gasteiger partial charge in [-0.2, -0.15) is 9.78 Å². The van der Waals surface area contributed by atoms with Gasteiger partial charge in [-0.3, -0.25) is 4.90 Å². The molecule has 7 fully saturated rings. The molecule has 0 unspecified atom stereocenters. The minimum absolute atomic E-state index is 0.437. The van der Waals surface area contributed by atoms with Gasteiger partial charge >= 0.3 is 0 Å². The van der Waals surface area contributed by atoms with Crippen LogP contribution >= 0.6 is 0 Å². The zero-order chi connectivity index (χ0) is 22.6. The van der Waals surface area contributed by atoms with E-state index in [0.717, 1.165) is 76.3 Å². The van der Waals surface area contributed by atoms with Crippen LogP contribution in [0.3, 0.4) is 0 Å². The molecule has 0 aromatic heterocycles. The van der Waals surface area contributed by atoms with Crippen LogP contribution in [0.15, 0.2) is 24.3 Å². The Bertz CT molecular complexity index is 840.